The van der Waals surface area contributed by atoms with Gasteiger partial charge in [0.15, 0.2) is 5.65 Å². The molecule has 0 radical (unpaired) electrons. The third kappa shape index (κ3) is 1.14. The van der Waals surface area contributed by atoms with E-state index in [1.165, 1.54) is 0 Å². The molecule has 0 saturated heterocycles. The minimum atomic E-state index is 0.156. The van der Waals surface area contributed by atoms with Crippen LogP contribution in [0.2, 0.25) is 0 Å². The van der Waals surface area contributed by atoms with Crippen molar-refractivity contribution in [2.24, 2.45) is 0 Å². The van der Waals surface area contributed by atoms with Crippen molar-refractivity contribution in [1.29, 1.82) is 0 Å². The fourth-order valence-electron chi connectivity index (χ4n) is 1.26. The highest BCUT2D eigenvalue weighted by Gasteiger charge is 2.05. The first-order valence-electron chi connectivity index (χ1n) is 3.83. The second-order valence-corrected chi connectivity index (χ2v) is 2.79. The second kappa shape index (κ2) is 2.55. The Balaban J connectivity index is 2.94. The Kier molecular flexibility index (Phi) is 1.51. The Labute approximate surface area is 74.8 Å². The van der Waals surface area contributed by atoms with Crippen molar-refractivity contribution in [3.05, 3.63) is 17.8 Å². The zero-order valence-electron chi connectivity index (χ0n) is 7.15. The Bertz CT molecular complexity index is 465. The number of aromatic nitrogens is 3. The number of nitrogens with two attached hydrogens (primary N) is 2. The minimum absolute atomic E-state index is 0.156. The number of aryl methyl sites for hydroxylation is 1. The standard InChI is InChI=1S/C8H9N5/c1-4-2-3-11-7-5(4)6(9)12-8(10)13-7/h2-3H,1H3,(H4,9,10,11,12,13). The Hall–Kier alpha value is -1.91. The van der Waals surface area contributed by atoms with Crippen molar-refractivity contribution in [2.75, 3.05) is 11.5 Å². The highest BCUT2D eigenvalue weighted by molar-refractivity contribution is 5.88. The number of hydrogen-bond donors (Lipinski definition) is 2. The van der Waals surface area contributed by atoms with Crippen LogP contribution in [0, 0.1) is 6.92 Å². The Morgan fingerprint density at radius 1 is 1.23 bits per heavy atom. The van der Waals surface area contributed by atoms with Gasteiger partial charge in [-0.3, -0.25) is 0 Å². The van der Waals surface area contributed by atoms with Gasteiger partial charge in [-0.25, -0.2) is 4.98 Å². The molecule has 0 bridgehead atoms. The first kappa shape index (κ1) is 7.72. The van der Waals surface area contributed by atoms with E-state index in [1.807, 2.05) is 13.0 Å². The molecule has 0 fully saturated rings. The minimum Gasteiger partial charge on any atom is -0.383 e. The summed E-state index contributed by atoms with van der Waals surface area (Å²) in [5.74, 6) is 0.538. The van der Waals surface area contributed by atoms with E-state index in [0.29, 0.717) is 11.5 Å². The number of pyridine rings is 1. The van der Waals surface area contributed by atoms with Crippen molar-refractivity contribution >= 4 is 22.8 Å². The second-order valence-electron chi connectivity index (χ2n) is 2.79. The van der Waals surface area contributed by atoms with Crippen molar-refractivity contribution in [3.8, 4) is 0 Å². The summed E-state index contributed by atoms with van der Waals surface area (Å²) in [5.41, 5.74) is 12.7. The summed E-state index contributed by atoms with van der Waals surface area (Å²) in [5, 5.41) is 0.775. The quantitative estimate of drug-likeness (QED) is 0.608. The molecule has 2 rings (SSSR count). The van der Waals surface area contributed by atoms with Crippen LogP contribution >= 0.6 is 0 Å². The van der Waals surface area contributed by atoms with Crippen molar-refractivity contribution in [2.45, 2.75) is 6.92 Å². The molecule has 0 aliphatic carbocycles. The predicted molar refractivity (Wildman–Crippen MR) is 50.9 cm³/mol. The molecule has 2 aromatic rings. The fourth-order valence-corrected chi connectivity index (χ4v) is 1.26. The molecule has 2 heterocycles. The molecule has 0 unspecified atom stereocenters. The first-order chi connectivity index (χ1) is 6.18. The number of nitrogen functional groups attached to an aromatic ring is 2. The van der Waals surface area contributed by atoms with Crippen molar-refractivity contribution in [1.82, 2.24) is 15.0 Å². The maximum Gasteiger partial charge on any atom is 0.224 e. The highest BCUT2D eigenvalue weighted by atomic mass is 15.1. The maximum absolute atomic E-state index is 5.69. The summed E-state index contributed by atoms with van der Waals surface area (Å²) in [4.78, 5) is 11.9. The highest BCUT2D eigenvalue weighted by Crippen LogP contribution is 2.19. The normalized spacial score (nSPS) is 10.5. The van der Waals surface area contributed by atoms with E-state index in [0.717, 1.165) is 10.9 Å². The van der Waals surface area contributed by atoms with E-state index in [-0.39, 0.29) is 5.95 Å². The number of fused-ring (bicyclic) bond motifs is 1. The largest absolute Gasteiger partial charge is 0.383 e. The van der Waals surface area contributed by atoms with Gasteiger partial charge < -0.3 is 11.5 Å². The summed E-state index contributed by atoms with van der Waals surface area (Å²) in [7, 11) is 0. The average Bonchev–Trinajstić information content (AvgIpc) is 2.02. The molecular weight excluding hydrogens is 166 g/mol. The lowest BCUT2D eigenvalue weighted by Crippen LogP contribution is -2.02. The average molecular weight is 175 g/mol. The maximum atomic E-state index is 5.69. The zero-order valence-corrected chi connectivity index (χ0v) is 7.15. The smallest absolute Gasteiger partial charge is 0.224 e. The summed E-state index contributed by atoms with van der Waals surface area (Å²) in [6.45, 7) is 1.93. The van der Waals surface area contributed by atoms with Gasteiger partial charge in [-0.2, -0.15) is 9.97 Å². The van der Waals surface area contributed by atoms with Crippen LogP contribution in [0.4, 0.5) is 11.8 Å². The van der Waals surface area contributed by atoms with Gasteiger partial charge in [0.05, 0.1) is 5.39 Å². The molecule has 0 aliphatic rings. The lowest BCUT2D eigenvalue weighted by molar-refractivity contribution is 1.19. The zero-order chi connectivity index (χ0) is 9.42. The van der Waals surface area contributed by atoms with Crippen LogP contribution in [0.25, 0.3) is 11.0 Å². The summed E-state index contributed by atoms with van der Waals surface area (Å²) >= 11 is 0. The summed E-state index contributed by atoms with van der Waals surface area (Å²) in [6, 6.07) is 1.86. The van der Waals surface area contributed by atoms with Gasteiger partial charge in [0.25, 0.3) is 0 Å². The van der Waals surface area contributed by atoms with Gasteiger partial charge in [-0.1, -0.05) is 0 Å². The van der Waals surface area contributed by atoms with Gasteiger partial charge in [0.2, 0.25) is 5.95 Å². The van der Waals surface area contributed by atoms with E-state index in [1.54, 1.807) is 6.20 Å². The van der Waals surface area contributed by atoms with Gasteiger partial charge >= 0.3 is 0 Å². The van der Waals surface area contributed by atoms with E-state index in [9.17, 15) is 0 Å². The third-order valence-electron chi connectivity index (χ3n) is 1.85. The molecular formula is C8H9N5. The number of rotatable bonds is 0. The molecule has 5 heteroatoms. The first-order valence-corrected chi connectivity index (χ1v) is 3.83. The van der Waals surface area contributed by atoms with E-state index >= 15 is 0 Å². The Morgan fingerprint density at radius 2 is 2.00 bits per heavy atom. The molecule has 13 heavy (non-hydrogen) atoms. The summed E-state index contributed by atoms with van der Waals surface area (Å²) in [6.07, 6.45) is 1.67. The van der Waals surface area contributed by atoms with Crippen LogP contribution in [-0.2, 0) is 0 Å². The summed E-state index contributed by atoms with van der Waals surface area (Å²) < 4.78 is 0. The van der Waals surface area contributed by atoms with E-state index in [2.05, 4.69) is 15.0 Å². The monoisotopic (exact) mass is 175 g/mol. The van der Waals surface area contributed by atoms with Gasteiger partial charge in [-0.05, 0) is 18.6 Å². The van der Waals surface area contributed by atoms with Crippen molar-refractivity contribution < 1.29 is 0 Å². The topological polar surface area (TPSA) is 90.7 Å². The van der Waals surface area contributed by atoms with Crippen LogP contribution < -0.4 is 11.5 Å². The molecule has 0 aromatic carbocycles. The SMILES string of the molecule is Cc1ccnc2nc(N)nc(N)c12. The molecule has 66 valence electrons. The van der Waals surface area contributed by atoms with Crippen molar-refractivity contribution in [3.63, 3.8) is 0 Å². The van der Waals surface area contributed by atoms with Gasteiger partial charge in [-0.15, -0.1) is 0 Å². The number of nitrogens with zero attached hydrogens (tertiary/aromatic N) is 3. The van der Waals surface area contributed by atoms with E-state index in [4.69, 9.17) is 11.5 Å². The molecule has 0 amide bonds. The molecule has 0 atom stereocenters. The fraction of sp³-hybridized carbons (Fsp3) is 0.125. The van der Waals surface area contributed by atoms with Crippen LogP contribution in [0.15, 0.2) is 12.3 Å². The predicted octanol–water partition coefficient (Wildman–Crippen LogP) is 0.498. The van der Waals surface area contributed by atoms with Crippen LogP contribution in [0.5, 0.6) is 0 Å². The molecule has 0 aliphatic heterocycles. The molecule has 4 N–H and O–H groups in total. The molecule has 0 spiro atoms. The lowest BCUT2D eigenvalue weighted by atomic mass is 10.2. The van der Waals surface area contributed by atoms with E-state index < -0.39 is 0 Å². The van der Waals surface area contributed by atoms with Crippen LogP contribution in [0.1, 0.15) is 5.56 Å². The molecule has 0 saturated carbocycles. The number of hydrogen-bond acceptors (Lipinski definition) is 5. The van der Waals surface area contributed by atoms with Gasteiger partial charge in [0, 0.05) is 6.20 Å². The Morgan fingerprint density at radius 3 is 2.77 bits per heavy atom. The third-order valence-corrected chi connectivity index (χ3v) is 1.85. The molecule has 5 nitrogen and oxygen atoms in total. The lowest BCUT2D eigenvalue weighted by Gasteiger charge is -2.03. The van der Waals surface area contributed by atoms with Crippen LogP contribution in [0.3, 0.4) is 0 Å². The van der Waals surface area contributed by atoms with Gasteiger partial charge in [0.1, 0.15) is 5.82 Å². The molecule has 2 aromatic heterocycles. The number of anilines is 2. The van der Waals surface area contributed by atoms with Crippen LogP contribution in [-0.4, -0.2) is 15.0 Å².